The second kappa shape index (κ2) is 8.10. The van der Waals surface area contributed by atoms with Gasteiger partial charge in [-0.3, -0.25) is 4.90 Å². The zero-order chi connectivity index (χ0) is 15.2. The Labute approximate surface area is 131 Å². The number of carbonyl (C=O) groups excluding carboxylic acids is 1. The molecule has 7 nitrogen and oxygen atoms in total. The highest BCUT2D eigenvalue weighted by molar-refractivity contribution is 5.67. The van der Waals surface area contributed by atoms with Gasteiger partial charge in [-0.2, -0.15) is 0 Å². The van der Waals surface area contributed by atoms with E-state index in [9.17, 15) is 4.79 Å². The minimum atomic E-state index is -0.245. The molecule has 3 rings (SSSR count). The van der Waals surface area contributed by atoms with Crippen LogP contribution in [0.2, 0.25) is 0 Å². The van der Waals surface area contributed by atoms with Crippen LogP contribution in [0.15, 0.2) is 0 Å². The van der Waals surface area contributed by atoms with Crippen LogP contribution in [0, 0.1) is 0 Å². The normalized spacial score (nSPS) is 30.5. The molecule has 2 unspecified atom stereocenters. The van der Waals surface area contributed by atoms with Gasteiger partial charge in [-0.15, -0.1) is 0 Å². The Hall–Kier alpha value is -0.890. The highest BCUT2D eigenvalue weighted by atomic mass is 16.6. The lowest BCUT2D eigenvalue weighted by atomic mass is 10.2. The monoisotopic (exact) mass is 314 g/mol. The first-order valence-corrected chi connectivity index (χ1v) is 8.26. The molecule has 3 fully saturated rings. The number of rotatable bonds is 4. The summed E-state index contributed by atoms with van der Waals surface area (Å²) in [7, 11) is 0. The summed E-state index contributed by atoms with van der Waals surface area (Å²) < 4.78 is 22.0. The summed E-state index contributed by atoms with van der Waals surface area (Å²) in [6, 6.07) is 0. The minimum Gasteiger partial charge on any atom is -0.447 e. The molecule has 0 bridgehead atoms. The summed E-state index contributed by atoms with van der Waals surface area (Å²) in [6.07, 6.45) is 1.93. The fraction of sp³-hybridized carbons (Fsp3) is 0.933. The molecular formula is C15H26N2O5. The number of carbonyl (C=O) groups is 1. The molecule has 1 amide bonds. The van der Waals surface area contributed by atoms with Gasteiger partial charge >= 0.3 is 6.09 Å². The summed E-state index contributed by atoms with van der Waals surface area (Å²) in [4.78, 5) is 16.2. The molecule has 3 heterocycles. The van der Waals surface area contributed by atoms with Gasteiger partial charge in [0.2, 0.25) is 0 Å². The molecule has 7 heteroatoms. The van der Waals surface area contributed by atoms with Crippen LogP contribution in [0.1, 0.15) is 12.8 Å². The molecule has 0 radical (unpaired) electrons. The van der Waals surface area contributed by atoms with Crippen LogP contribution < -0.4 is 0 Å². The molecule has 3 aliphatic heterocycles. The molecule has 126 valence electrons. The van der Waals surface area contributed by atoms with Gasteiger partial charge in [0, 0.05) is 32.8 Å². The first-order chi connectivity index (χ1) is 10.8. The van der Waals surface area contributed by atoms with Crippen LogP contribution in [-0.4, -0.2) is 93.9 Å². The van der Waals surface area contributed by atoms with Gasteiger partial charge in [-0.05, 0) is 12.8 Å². The molecule has 3 saturated heterocycles. The Balaban J connectivity index is 1.39. The summed E-state index contributed by atoms with van der Waals surface area (Å²) in [6.45, 7) is 7.19. The predicted molar refractivity (Wildman–Crippen MR) is 78.9 cm³/mol. The van der Waals surface area contributed by atoms with E-state index in [1.807, 2.05) is 0 Å². The van der Waals surface area contributed by atoms with Crippen LogP contribution in [0.25, 0.3) is 0 Å². The van der Waals surface area contributed by atoms with E-state index in [4.69, 9.17) is 18.9 Å². The zero-order valence-corrected chi connectivity index (χ0v) is 13.1. The van der Waals surface area contributed by atoms with Gasteiger partial charge < -0.3 is 23.8 Å². The zero-order valence-electron chi connectivity index (χ0n) is 13.1. The fourth-order valence-electron chi connectivity index (χ4n) is 3.10. The van der Waals surface area contributed by atoms with Crippen LogP contribution in [0.5, 0.6) is 0 Å². The average molecular weight is 314 g/mol. The third-order valence-electron chi connectivity index (χ3n) is 4.38. The predicted octanol–water partition coefficient (Wildman–Crippen LogP) is 0.335. The van der Waals surface area contributed by atoms with E-state index in [1.165, 1.54) is 0 Å². The van der Waals surface area contributed by atoms with Crippen molar-refractivity contribution in [2.24, 2.45) is 0 Å². The van der Waals surface area contributed by atoms with Crippen molar-refractivity contribution in [3.8, 4) is 0 Å². The molecule has 0 aromatic rings. The average Bonchev–Trinajstić information content (AvgIpc) is 3.07. The van der Waals surface area contributed by atoms with Crippen LogP contribution in [0.4, 0.5) is 4.79 Å². The number of amides is 1. The maximum atomic E-state index is 12.2. The van der Waals surface area contributed by atoms with Gasteiger partial charge in [-0.1, -0.05) is 0 Å². The van der Waals surface area contributed by atoms with Crippen molar-refractivity contribution in [2.75, 3.05) is 65.8 Å². The lowest BCUT2D eigenvalue weighted by molar-refractivity contribution is -0.0571. The van der Waals surface area contributed by atoms with Crippen molar-refractivity contribution in [1.29, 1.82) is 0 Å². The summed E-state index contributed by atoms with van der Waals surface area (Å²) in [5.41, 5.74) is 0. The lowest BCUT2D eigenvalue weighted by Crippen LogP contribution is -2.51. The van der Waals surface area contributed by atoms with Crippen molar-refractivity contribution in [2.45, 2.75) is 25.0 Å². The van der Waals surface area contributed by atoms with Gasteiger partial charge in [0.25, 0.3) is 0 Å². The number of morpholine rings is 2. The molecule has 0 saturated carbocycles. The van der Waals surface area contributed by atoms with Gasteiger partial charge in [-0.25, -0.2) is 4.79 Å². The second-order valence-electron chi connectivity index (χ2n) is 6.06. The van der Waals surface area contributed by atoms with Crippen molar-refractivity contribution in [3.63, 3.8) is 0 Å². The Morgan fingerprint density at radius 1 is 1.05 bits per heavy atom. The molecule has 3 aliphatic rings. The molecule has 0 aliphatic carbocycles. The van der Waals surface area contributed by atoms with E-state index in [0.29, 0.717) is 26.3 Å². The quantitative estimate of drug-likeness (QED) is 0.745. The highest BCUT2D eigenvalue weighted by Gasteiger charge is 2.28. The standard InChI is InChI=1S/C15H26N2O5/c18-15(22-12-13-2-1-6-20-13)17-5-9-21-14(11-17)10-16-3-7-19-8-4-16/h13-14H,1-12H2. The first kappa shape index (κ1) is 16.0. The Bertz CT molecular complexity index is 356. The van der Waals surface area contributed by atoms with E-state index in [1.54, 1.807) is 4.90 Å². The van der Waals surface area contributed by atoms with Crippen LogP contribution in [-0.2, 0) is 18.9 Å². The Kier molecular flexibility index (Phi) is 5.89. The highest BCUT2D eigenvalue weighted by Crippen LogP contribution is 2.14. The van der Waals surface area contributed by atoms with E-state index < -0.39 is 0 Å². The molecule has 0 aromatic heterocycles. The lowest BCUT2D eigenvalue weighted by Gasteiger charge is -2.36. The van der Waals surface area contributed by atoms with Crippen molar-refractivity contribution in [1.82, 2.24) is 9.80 Å². The molecular weight excluding hydrogens is 288 g/mol. The largest absolute Gasteiger partial charge is 0.447 e. The van der Waals surface area contributed by atoms with Crippen molar-refractivity contribution < 1.29 is 23.7 Å². The third kappa shape index (κ3) is 4.55. The van der Waals surface area contributed by atoms with E-state index >= 15 is 0 Å². The van der Waals surface area contributed by atoms with Crippen molar-refractivity contribution in [3.05, 3.63) is 0 Å². The Morgan fingerprint density at radius 3 is 2.64 bits per heavy atom. The molecule has 2 atom stereocenters. The fourth-order valence-corrected chi connectivity index (χ4v) is 3.10. The van der Waals surface area contributed by atoms with Crippen LogP contribution >= 0.6 is 0 Å². The molecule has 0 aromatic carbocycles. The summed E-state index contributed by atoms with van der Waals surface area (Å²) in [5.74, 6) is 0. The number of nitrogens with zero attached hydrogens (tertiary/aromatic N) is 2. The first-order valence-electron chi connectivity index (χ1n) is 8.26. The second-order valence-corrected chi connectivity index (χ2v) is 6.06. The van der Waals surface area contributed by atoms with Gasteiger partial charge in [0.15, 0.2) is 0 Å². The third-order valence-corrected chi connectivity index (χ3v) is 4.38. The summed E-state index contributed by atoms with van der Waals surface area (Å²) in [5, 5.41) is 0. The smallest absolute Gasteiger partial charge is 0.410 e. The number of ether oxygens (including phenoxy) is 4. The van der Waals surface area contributed by atoms with E-state index in [-0.39, 0.29) is 18.3 Å². The molecule has 0 N–H and O–H groups in total. The molecule has 0 spiro atoms. The topological polar surface area (TPSA) is 60.5 Å². The van der Waals surface area contributed by atoms with Crippen molar-refractivity contribution >= 4 is 6.09 Å². The Morgan fingerprint density at radius 2 is 1.86 bits per heavy atom. The maximum absolute atomic E-state index is 12.2. The van der Waals surface area contributed by atoms with Crippen LogP contribution in [0.3, 0.4) is 0 Å². The maximum Gasteiger partial charge on any atom is 0.410 e. The van der Waals surface area contributed by atoms with Gasteiger partial charge in [0.05, 0.1) is 38.6 Å². The minimum absolute atomic E-state index is 0.0575. The molecule has 22 heavy (non-hydrogen) atoms. The number of hydrogen-bond acceptors (Lipinski definition) is 6. The van der Waals surface area contributed by atoms with E-state index in [0.717, 1.165) is 52.3 Å². The van der Waals surface area contributed by atoms with Gasteiger partial charge in [0.1, 0.15) is 6.61 Å². The number of hydrogen-bond donors (Lipinski definition) is 0. The van der Waals surface area contributed by atoms with E-state index in [2.05, 4.69) is 4.90 Å². The SMILES string of the molecule is O=C(OCC1CCCO1)N1CCOC(CN2CCOCC2)C1. The summed E-state index contributed by atoms with van der Waals surface area (Å²) >= 11 is 0.